The molecule has 5 heteroatoms. The SMILES string of the molecule is C=C(C)COc1cccc(C(=O)N(CC)[C@H]2COC[C@@H]2O)c1. The molecule has 1 heterocycles. The summed E-state index contributed by atoms with van der Waals surface area (Å²) in [5.74, 6) is 0.506. The molecule has 5 nitrogen and oxygen atoms in total. The van der Waals surface area contributed by atoms with E-state index in [4.69, 9.17) is 9.47 Å². The Bertz CT molecular complexity index is 543. The first-order chi connectivity index (χ1) is 10.5. The summed E-state index contributed by atoms with van der Waals surface area (Å²) in [5.41, 5.74) is 1.46. The standard InChI is InChI=1S/C17H23NO4/c1-4-18(15-10-21-11-16(15)19)17(20)13-6-5-7-14(8-13)22-9-12(2)3/h5-8,15-16,19H,2,4,9-11H2,1,3H3/t15-,16-/m0/s1. The molecule has 0 radical (unpaired) electrons. The Morgan fingerprint density at radius 1 is 1.50 bits per heavy atom. The average Bonchev–Trinajstić information content (AvgIpc) is 2.92. The van der Waals surface area contributed by atoms with Crippen LogP contribution in [0.25, 0.3) is 0 Å². The lowest BCUT2D eigenvalue weighted by molar-refractivity contribution is 0.0520. The van der Waals surface area contributed by atoms with E-state index < -0.39 is 6.10 Å². The Balaban J connectivity index is 2.13. The van der Waals surface area contributed by atoms with Gasteiger partial charge >= 0.3 is 0 Å². The molecule has 1 aromatic carbocycles. The molecule has 1 fully saturated rings. The molecule has 1 aliphatic heterocycles. The second-order valence-electron chi connectivity index (χ2n) is 5.54. The number of likely N-dealkylation sites (N-methyl/N-ethyl adjacent to an activating group) is 1. The smallest absolute Gasteiger partial charge is 0.254 e. The summed E-state index contributed by atoms with van der Waals surface area (Å²) in [6, 6.07) is 6.77. The summed E-state index contributed by atoms with van der Waals surface area (Å²) in [7, 11) is 0. The van der Waals surface area contributed by atoms with E-state index in [1.807, 2.05) is 19.9 Å². The van der Waals surface area contributed by atoms with Crippen LogP contribution in [0.15, 0.2) is 36.4 Å². The van der Waals surface area contributed by atoms with Gasteiger partial charge in [-0.25, -0.2) is 0 Å². The van der Waals surface area contributed by atoms with E-state index in [2.05, 4.69) is 6.58 Å². The molecule has 0 saturated carbocycles. The minimum Gasteiger partial charge on any atom is -0.489 e. The Labute approximate surface area is 131 Å². The van der Waals surface area contributed by atoms with E-state index in [1.54, 1.807) is 23.1 Å². The summed E-state index contributed by atoms with van der Waals surface area (Å²) in [6.07, 6.45) is -0.633. The van der Waals surface area contributed by atoms with Crippen LogP contribution in [-0.4, -0.2) is 54.4 Å². The summed E-state index contributed by atoms with van der Waals surface area (Å²) >= 11 is 0. The first kappa shape index (κ1) is 16.5. The van der Waals surface area contributed by atoms with Crippen molar-refractivity contribution < 1.29 is 19.4 Å². The van der Waals surface area contributed by atoms with Crippen LogP contribution >= 0.6 is 0 Å². The van der Waals surface area contributed by atoms with Crippen molar-refractivity contribution in [2.45, 2.75) is 26.0 Å². The van der Waals surface area contributed by atoms with Crippen molar-refractivity contribution in [3.63, 3.8) is 0 Å². The predicted octanol–water partition coefficient (Wildman–Crippen LogP) is 1.86. The predicted molar refractivity (Wildman–Crippen MR) is 84.1 cm³/mol. The lowest BCUT2D eigenvalue weighted by atomic mass is 10.1. The number of hydrogen-bond donors (Lipinski definition) is 1. The van der Waals surface area contributed by atoms with Crippen LogP contribution in [0.1, 0.15) is 24.2 Å². The number of aliphatic hydroxyl groups excluding tert-OH is 1. The monoisotopic (exact) mass is 305 g/mol. The van der Waals surface area contributed by atoms with E-state index >= 15 is 0 Å². The summed E-state index contributed by atoms with van der Waals surface area (Å²) in [4.78, 5) is 14.3. The van der Waals surface area contributed by atoms with Crippen molar-refractivity contribution in [2.75, 3.05) is 26.4 Å². The first-order valence-electron chi connectivity index (χ1n) is 7.47. The van der Waals surface area contributed by atoms with Gasteiger partial charge < -0.3 is 19.5 Å². The van der Waals surface area contributed by atoms with Crippen molar-refractivity contribution in [3.8, 4) is 5.75 Å². The zero-order valence-corrected chi connectivity index (χ0v) is 13.1. The normalized spacial score (nSPS) is 20.7. The zero-order chi connectivity index (χ0) is 16.1. The lowest BCUT2D eigenvalue weighted by Crippen LogP contribution is -2.46. The topological polar surface area (TPSA) is 59.0 Å². The van der Waals surface area contributed by atoms with Crippen molar-refractivity contribution in [1.29, 1.82) is 0 Å². The van der Waals surface area contributed by atoms with Crippen LogP contribution in [0.5, 0.6) is 5.75 Å². The third-order valence-corrected chi connectivity index (χ3v) is 3.59. The summed E-state index contributed by atoms with van der Waals surface area (Å²) in [5, 5.41) is 9.93. The fourth-order valence-corrected chi connectivity index (χ4v) is 2.45. The quantitative estimate of drug-likeness (QED) is 0.815. The van der Waals surface area contributed by atoms with Crippen molar-refractivity contribution in [3.05, 3.63) is 42.0 Å². The molecule has 22 heavy (non-hydrogen) atoms. The van der Waals surface area contributed by atoms with E-state index in [-0.39, 0.29) is 18.6 Å². The second kappa shape index (κ2) is 7.42. The van der Waals surface area contributed by atoms with Gasteiger partial charge in [0.2, 0.25) is 0 Å². The highest BCUT2D eigenvalue weighted by molar-refractivity contribution is 5.94. The van der Waals surface area contributed by atoms with Crippen LogP contribution in [0.4, 0.5) is 0 Å². The second-order valence-corrected chi connectivity index (χ2v) is 5.54. The van der Waals surface area contributed by atoms with Crippen molar-refractivity contribution in [2.24, 2.45) is 0 Å². The minimum absolute atomic E-state index is 0.127. The molecule has 1 amide bonds. The maximum atomic E-state index is 12.7. The maximum Gasteiger partial charge on any atom is 0.254 e. The Hall–Kier alpha value is -1.85. The van der Waals surface area contributed by atoms with Gasteiger partial charge in [0, 0.05) is 12.1 Å². The van der Waals surface area contributed by atoms with E-state index in [9.17, 15) is 9.90 Å². The third kappa shape index (κ3) is 3.87. The average molecular weight is 305 g/mol. The van der Waals surface area contributed by atoms with Gasteiger partial charge in [0.05, 0.1) is 25.4 Å². The van der Waals surface area contributed by atoms with E-state index in [0.29, 0.717) is 31.1 Å². The highest BCUT2D eigenvalue weighted by Crippen LogP contribution is 2.19. The number of nitrogens with zero attached hydrogens (tertiary/aromatic N) is 1. The van der Waals surface area contributed by atoms with Gasteiger partial charge in [-0.2, -0.15) is 0 Å². The Kier molecular flexibility index (Phi) is 5.57. The number of hydrogen-bond acceptors (Lipinski definition) is 4. The third-order valence-electron chi connectivity index (χ3n) is 3.59. The molecule has 1 aliphatic rings. The number of aliphatic hydroxyl groups is 1. The van der Waals surface area contributed by atoms with Crippen LogP contribution in [-0.2, 0) is 4.74 Å². The van der Waals surface area contributed by atoms with Gasteiger partial charge in [-0.15, -0.1) is 0 Å². The van der Waals surface area contributed by atoms with E-state index in [0.717, 1.165) is 5.57 Å². The van der Waals surface area contributed by atoms with E-state index in [1.165, 1.54) is 0 Å². The molecule has 1 N–H and O–H groups in total. The number of benzene rings is 1. The minimum atomic E-state index is -0.633. The molecular weight excluding hydrogens is 282 g/mol. The van der Waals surface area contributed by atoms with Crippen LogP contribution in [0.3, 0.4) is 0 Å². The highest BCUT2D eigenvalue weighted by atomic mass is 16.5. The van der Waals surface area contributed by atoms with Gasteiger partial charge in [0.15, 0.2) is 0 Å². The van der Waals surface area contributed by atoms with Gasteiger partial charge in [0.1, 0.15) is 12.4 Å². The molecular formula is C17H23NO4. The number of ether oxygens (including phenoxy) is 2. The Morgan fingerprint density at radius 3 is 2.86 bits per heavy atom. The molecule has 0 bridgehead atoms. The Morgan fingerprint density at radius 2 is 2.27 bits per heavy atom. The zero-order valence-electron chi connectivity index (χ0n) is 13.1. The maximum absolute atomic E-state index is 12.7. The number of carbonyl (C=O) groups is 1. The number of amides is 1. The molecule has 2 rings (SSSR count). The summed E-state index contributed by atoms with van der Waals surface area (Å²) in [6.45, 7) is 9.14. The van der Waals surface area contributed by atoms with Gasteiger partial charge in [-0.1, -0.05) is 12.6 Å². The summed E-state index contributed by atoms with van der Waals surface area (Å²) < 4.78 is 10.8. The molecule has 2 atom stereocenters. The molecule has 0 spiro atoms. The first-order valence-corrected chi connectivity index (χ1v) is 7.47. The molecule has 120 valence electrons. The molecule has 1 aromatic rings. The number of rotatable bonds is 6. The lowest BCUT2D eigenvalue weighted by Gasteiger charge is -2.29. The molecule has 0 aromatic heterocycles. The van der Waals surface area contributed by atoms with Crippen LogP contribution in [0.2, 0.25) is 0 Å². The molecule has 0 unspecified atom stereocenters. The number of carbonyl (C=O) groups excluding carboxylic acids is 1. The largest absolute Gasteiger partial charge is 0.489 e. The molecule has 0 aliphatic carbocycles. The van der Waals surface area contributed by atoms with Gasteiger partial charge in [0.25, 0.3) is 5.91 Å². The fraction of sp³-hybridized carbons (Fsp3) is 0.471. The van der Waals surface area contributed by atoms with Crippen molar-refractivity contribution >= 4 is 5.91 Å². The van der Waals surface area contributed by atoms with Gasteiger partial charge in [-0.3, -0.25) is 4.79 Å². The fourth-order valence-electron chi connectivity index (χ4n) is 2.45. The van der Waals surface area contributed by atoms with Crippen molar-refractivity contribution in [1.82, 2.24) is 4.90 Å². The van der Waals surface area contributed by atoms with Crippen LogP contribution < -0.4 is 4.74 Å². The highest BCUT2D eigenvalue weighted by Gasteiger charge is 2.34. The molecule has 1 saturated heterocycles. The van der Waals surface area contributed by atoms with Crippen LogP contribution in [0, 0.1) is 0 Å². The van der Waals surface area contributed by atoms with Gasteiger partial charge in [-0.05, 0) is 37.6 Å².